The summed E-state index contributed by atoms with van der Waals surface area (Å²) in [5, 5.41) is 17.1. The Hall–Kier alpha value is -4.00. The molecule has 0 fully saturated rings. The van der Waals surface area contributed by atoms with Crippen molar-refractivity contribution in [1.82, 2.24) is 4.57 Å². The summed E-state index contributed by atoms with van der Waals surface area (Å²) in [6, 6.07) is 20.3. The number of rotatable bonds is 4. The largest absolute Gasteiger partial charge is 0.331 e. The van der Waals surface area contributed by atoms with Crippen LogP contribution in [0.5, 0.6) is 0 Å². The van der Waals surface area contributed by atoms with Gasteiger partial charge in [-0.2, -0.15) is 0 Å². The van der Waals surface area contributed by atoms with Crippen molar-refractivity contribution in [2.75, 3.05) is 0 Å². The van der Waals surface area contributed by atoms with E-state index in [-0.39, 0.29) is 5.69 Å². The van der Waals surface area contributed by atoms with E-state index in [0.717, 1.165) is 33.1 Å². The molecule has 0 amide bonds. The number of carbonyl (C=O) groups is 1. The van der Waals surface area contributed by atoms with Crippen LogP contribution in [-0.4, -0.2) is 21.2 Å². The van der Waals surface area contributed by atoms with E-state index in [1.807, 2.05) is 53.1 Å². The number of carbonyl (C=O) groups excluding carboxylic acids is 1. The first-order valence-electron chi connectivity index (χ1n) is 8.96. The van der Waals surface area contributed by atoms with Crippen molar-refractivity contribution in [1.29, 1.82) is 0 Å². The van der Waals surface area contributed by atoms with E-state index in [0.29, 0.717) is 5.71 Å². The molecule has 144 valence electrons. The van der Waals surface area contributed by atoms with Crippen LogP contribution in [-0.2, 0) is 9.63 Å². The number of nitrogens with zero attached hydrogens (tertiary/aromatic N) is 3. The zero-order chi connectivity index (χ0) is 20.5. The first-order valence-corrected chi connectivity index (χ1v) is 8.96. The molecule has 0 saturated carbocycles. The minimum absolute atomic E-state index is 0.0327. The molecular weight excluding hydrogens is 370 g/mol. The Bertz CT molecular complexity index is 1290. The Kier molecular flexibility index (Phi) is 4.56. The molecule has 4 rings (SSSR count). The first-order chi connectivity index (χ1) is 14.0. The number of nitro benzene ring substituents is 1. The van der Waals surface area contributed by atoms with Gasteiger partial charge in [-0.25, -0.2) is 4.79 Å². The predicted molar refractivity (Wildman–Crippen MR) is 111 cm³/mol. The molecule has 0 aliphatic rings. The monoisotopic (exact) mass is 387 g/mol. The Labute approximate surface area is 166 Å². The number of benzene rings is 3. The lowest BCUT2D eigenvalue weighted by Gasteiger charge is -2.08. The molecule has 1 heterocycles. The van der Waals surface area contributed by atoms with Crippen molar-refractivity contribution < 1.29 is 14.6 Å². The lowest BCUT2D eigenvalue weighted by atomic mass is 10.1. The maximum atomic E-state index is 11.3. The van der Waals surface area contributed by atoms with Crippen LogP contribution in [0.4, 0.5) is 5.69 Å². The fourth-order valence-corrected chi connectivity index (χ4v) is 3.39. The molecule has 4 aromatic rings. The summed E-state index contributed by atoms with van der Waals surface area (Å²) < 4.78 is 1.99. The summed E-state index contributed by atoms with van der Waals surface area (Å²) in [6.07, 6.45) is 0. The number of hydrogen-bond acceptors (Lipinski definition) is 5. The van der Waals surface area contributed by atoms with Crippen LogP contribution in [0.1, 0.15) is 19.4 Å². The number of oxime groups is 1. The van der Waals surface area contributed by atoms with Gasteiger partial charge in [0.2, 0.25) is 0 Å². The molecule has 29 heavy (non-hydrogen) atoms. The third kappa shape index (κ3) is 3.34. The minimum Gasteiger partial charge on any atom is -0.318 e. The van der Waals surface area contributed by atoms with Crippen LogP contribution in [0.25, 0.3) is 27.5 Å². The van der Waals surface area contributed by atoms with Gasteiger partial charge in [-0.1, -0.05) is 35.5 Å². The van der Waals surface area contributed by atoms with Crippen LogP contribution in [0.15, 0.2) is 71.9 Å². The summed E-state index contributed by atoms with van der Waals surface area (Å²) in [5.74, 6) is -0.490. The Morgan fingerprint density at radius 1 is 0.966 bits per heavy atom. The van der Waals surface area contributed by atoms with Gasteiger partial charge in [0, 0.05) is 41.1 Å². The molecular formula is C22H17N3O4. The Morgan fingerprint density at radius 3 is 2.28 bits per heavy atom. The van der Waals surface area contributed by atoms with Crippen molar-refractivity contribution in [3.63, 3.8) is 0 Å². The van der Waals surface area contributed by atoms with E-state index in [4.69, 9.17) is 4.84 Å². The van der Waals surface area contributed by atoms with E-state index in [9.17, 15) is 14.9 Å². The van der Waals surface area contributed by atoms with Crippen LogP contribution in [0, 0.1) is 10.1 Å². The second-order valence-corrected chi connectivity index (χ2v) is 6.62. The lowest BCUT2D eigenvalue weighted by Crippen LogP contribution is -2.00. The van der Waals surface area contributed by atoms with Gasteiger partial charge in [-0.05, 0) is 31.2 Å². The Balaban J connectivity index is 2.03. The molecule has 7 heteroatoms. The summed E-state index contributed by atoms with van der Waals surface area (Å²) in [7, 11) is 0. The second-order valence-electron chi connectivity index (χ2n) is 6.62. The highest BCUT2D eigenvalue weighted by molar-refractivity contribution is 6.12. The smallest absolute Gasteiger partial charge is 0.318 e. The quantitative estimate of drug-likeness (QED) is 0.214. The maximum absolute atomic E-state index is 11.3. The fourth-order valence-electron chi connectivity index (χ4n) is 3.39. The summed E-state index contributed by atoms with van der Waals surface area (Å²) in [4.78, 5) is 26.7. The molecule has 0 unspecified atom stereocenters. The van der Waals surface area contributed by atoms with Gasteiger partial charge in [0.1, 0.15) is 0 Å². The van der Waals surface area contributed by atoms with Crippen LogP contribution in [0.2, 0.25) is 0 Å². The Morgan fingerprint density at radius 2 is 1.62 bits per heavy atom. The average Bonchev–Trinajstić information content (AvgIpc) is 3.05. The number of hydrogen-bond donors (Lipinski definition) is 0. The van der Waals surface area contributed by atoms with Crippen LogP contribution in [0.3, 0.4) is 0 Å². The van der Waals surface area contributed by atoms with Crippen molar-refractivity contribution in [2.45, 2.75) is 13.8 Å². The van der Waals surface area contributed by atoms with E-state index >= 15 is 0 Å². The average molecular weight is 387 g/mol. The van der Waals surface area contributed by atoms with E-state index in [1.165, 1.54) is 13.0 Å². The number of fused-ring (bicyclic) bond motifs is 3. The summed E-state index contributed by atoms with van der Waals surface area (Å²) in [5.41, 5.74) is 3.88. The number of non-ortho nitro benzene ring substituents is 1. The van der Waals surface area contributed by atoms with Gasteiger partial charge < -0.3 is 9.40 Å². The highest BCUT2D eigenvalue weighted by atomic mass is 16.7. The number of aromatic nitrogens is 1. The molecule has 1 aromatic heterocycles. The number of nitro groups is 1. The molecule has 0 aliphatic carbocycles. The molecule has 0 atom stereocenters. The normalized spacial score (nSPS) is 11.7. The third-order valence-corrected chi connectivity index (χ3v) is 4.71. The highest BCUT2D eigenvalue weighted by Gasteiger charge is 2.17. The molecule has 0 N–H and O–H groups in total. The van der Waals surface area contributed by atoms with E-state index in [1.54, 1.807) is 19.1 Å². The minimum atomic E-state index is -0.490. The van der Waals surface area contributed by atoms with Gasteiger partial charge in [0.25, 0.3) is 5.69 Å². The molecule has 7 nitrogen and oxygen atoms in total. The maximum Gasteiger partial charge on any atom is 0.331 e. The molecule has 0 radical (unpaired) electrons. The molecule has 0 bridgehead atoms. The molecule has 0 spiro atoms. The fraction of sp³-hybridized carbons (Fsp3) is 0.0909. The van der Waals surface area contributed by atoms with Crippen molar-refractivity contribution in [3.05, 3.63) is 82.4 Å². The summed E-state index contributed by atoms with van der Waals surface area (Å²) >= 11 is 0. The van der Waals surface area contributed by atoms with Crippen LogP contribution < -0.4 is 0 Å². The van der Waals surface area contributed by atoms with Gasteiger partial charge in [-0.3, -0.25) is 10.1 Å². The lowest BCUT2D eigenvalue weighted by molar-refractivity contribution is -0.384. The standard InChI is InChI=1S/C22H17N3O4/c1-14(23-29-15(2)26)16-8-10-19-20-11-9-18(25(27)28)13-22(20)24(21(19)12-16)17-6-4-3-5-7-17/h3-13H,1-2H3/b23-14+. The zero-order valence-corrected chi connectivity index (χ0v) is 15.8. The second kappa shape index (κ2) is 7.20. The van der Waals surface area contributed by atoms with E-state index < -0.39 is 10.9 Å². The molecule has 0 aliphatic heterocycles. The topological polar surface area (TPSA) is 86.7 Å². The third-order valence-electron chi connectivity index (χ3n) is 4.71. The van der Waals surface area contributed by atoms with Gasteiger partial charge in [0.15, 0.2) is 0 Å². The van der Waals surface area contributed by atoms with Crippen molar-refractivity contribution >= 4 is 39.2 Å². The summed E-state index contributed by atoms with van der Waals surface area (Å²) in [6.45, 7) is 3.05. The first kappa shape index (κ1) is 18.4. The van der Waals surface area contributed by atoms with Crippen molar-refractivity contribution in [2.24, 2.45) is 5.16 Å². The SMILES string of the molecule is CC(=O)O/N=C(\C)c1ccc2c3ccc([N+](=O)[O-])cc3n(-c3ccccc3)c2c1. The predicted octanol–water partition coefficient (Wildman–Crippen LogP) is 4.98. The van der Waals surface area contributed by atoms with Gasteiger partial charge >= 0.3 is 5.97 Å². The van der Waals surface area contributed by atoms with Gasteiger partial charge in [0.05, 0.1) is 21.7 Å². The van der Waals surface area contributed by atoms with Gasteiger partial charge in [-0.15, -0.1) is 0 Å². The molecule has 3 aromatic carbocycles. The molecule has 0 saturated heterocycles. The van der Waals surface area contributed by atoms with E-state index in [2.05, 4.69) is 5.16 Å². The van der Waals surface area contributed by atoms with Crippen LogP contribution >= 0.6 is 0 Å². The zero-order valence-electron chi connectivity index (χ0n) is 15.8. The van der Waals surface area contributed by atoms with Crippen molar-refractivity contribution in [3.8, 4) is 5.69 Å². The number of para-hydroxylation sites is 1. The highest BCUT2D eigenvalue weighted by Crippen LogP contribution is 2.34.